The van der Waals surface area contributed by atoms with Gasteiger partial charge in [0.15, 0.2) is 0 Å². The van der Waals surface area contributed by atoms with Crippen LogP contribution in [0.1, 0.15) is 18.1 Å². The van der Waals surface area contributed by atoms with Gasteiger partial charge < -0.3 is 5.73 Å². The van der Waals surface area contributed by atoms with Crippen LogP contribution in [0.3, 0.4) is 0 Å². The van der Waals surface area contributed by atoms with E-state index in [0.717, 1.165) is 17.5 Å². The van der Waals surface area contributed by atoms with E-state index < -0.39 is 0 Å². The Balaban J connectivity index is 2.82. The van der Waals surface area contributed by atoms with Crippen LogP contribution in [0.5, 0.6) is 0 Å². The number of aromatic nitrogens is 1. The highest BCUT2D eigenvalue weighted by molar-refractivity contribution is 6.30. The molecule has 0 spiro atoms. The van der Waals surface area contributed by atoms with E-state index in [-0.39, 0.29) is 6.04 Å². The van der Waals surface area contributed by atoms with Crippen molar-refractivity contribution >= 4 is 11.6 Å². The molecule has 12 heavy (non-hydrogen) atoms. The fourth-order valence-electron chi connectivity index (χ4n) is 1.10. The second-order valence-corrected chi connectivity index (χ2v) is 3.49. The molecule has 1 rings (SSSR count). The number of hydrogen-bond donors (Lipinski definition) is 1. The van der Waals surface area contributed by atoms with Crippen molar-refractivity contribution in [1.82, 2.24) is 4.98 Å². The van der Waals surface area contributed by atoms with Gasteiger partial charge in [0.2, 0.25) is 0 Å². The minimum absolute atomic E-state index is 0.173. The van der Waals surface area contributed by atoms with Crippen LogP contribution in [-0.4, -0.2) is 11.0 Å². The van der Waals surface area contributed by atoms with Gasteiger partial charge in [0, 0.05) is 12.2 Å². The zero-order chi connectivity index (χ0) is 9.14. The quantitative estimate of drug-likeness (QED) is 0.714. The van der Waals surface area contributed by atoms with Crippen molar-refractivity contribution < 1.29 is 0 Å². The number of aryl methyl sites for hydroxylation is 1. The number of nitrogens with two attached hydrogens (primary N) is 1. The van der Waals surface area contributed by atoms with E-state index in [2.05, 4.69) is 4.98 Å². The minimum Gasteiger partial charge on any atom is -0.328 e. The molecule has 0 aliphatic carbocycles. The molecule has 1 aromatic rings. The first-order chi connectivity index (χ1) is 5.59. The molecular weight excluding hydrogens is 172 g/mol. The molecule has 0 bridgehead atoms. The third kappa shape index (κ3) is 2.47. The second kappa shape index (κ2) is 3.87. The standard InChI is InChI=1S/C9H13ClN2/c1-6-3-8(4-7(2)11)5-12-9(6)10/h3,5,7H,4,11H2,1-2H3/t7-/m1/s1. The van der Waals surface area contributed by atoms with Crippen molar-refractivity contribution in [3.05, 3.63) is 28.5 Å². The molecule has 66 valence electrons. The van der Waals surface area contributed by atoms with E-state index in [9.17, 15) is 0 Å². The summed E-state index contributed by atoms with van der Waals surface area (Å²) in [6.07, 6.45) is 2.63. The highest BCUT2D eigenvalue weighted by Gasteiger charge is 2.01. The van der Waals surface area contributed by atoms with Gasteiger partial charge in [-0.2, -0.15) is 0 Å². The SMILES string of the molecule is Cc1cc(C[C@@H](C)N)cnc1Cl. The second-order valence-electron chi connectivity index (χ2n) is 3.13. The van der Waals surface area contributed by atoms with E-state index in [4.69, 9.17) is 17.3 Å². The molecule has 1 atom stereocenters. The summed E-state index contributed by atoms with van der Waals surface area (Å²) >= 11 is 5.77. The Morgan fingerprint density at radius 3 is 2.83 bits per heavy atom. The molecule has 0 saturated heterocycles. The average Bonchev–Trinajstić information content (AvgIpc) is 1.96. The molecule has 1 heterocycles. The Hall–Kier alpha value is -0.600. The zero-order valence-electron chi connectivity index (χ0n) is 7.34. The highest BCUT2D eigenvalue weighted by Crippen LogP contribution is 2.13. The largest absolute Gasteiger partial charge is 0.328 e. The highest BCUT2D eigenvalue weighted by atomic mass is 35.5. The Labute approximate surface area is 77.8 Å². The van der Waals surface area contributed by atoms with E-state index in [1.54, 1.807) is 6.20 Å². The number of halogens is 1. The van der Waals surface area contributed by atoms with Crippen LogP contribution >= 0.6 is 11.6 Å². The summed E-state index contributed by atoms with van der Waals surface area (Å²) in [6, 6.07) is 2.20. The molecule has 0 fully saturated rings. The maximum absolute atomic E-state index is 5.77. The van der Waals surface area contributed by atoms with E-state index >= 15 is 0 Å². The van der Waals surface area contributed by atoms with Gasteiger partial charge >= 0.3 is 0 Å². The summed E-state index contributed by atoms with van der Waals surface area (Å²) in [6.45, 7) is 3.92. The summed E-state index contributed by atoms with van der Waals surface area (Å²) in [7, 11) is 0. The molecule has 0 amide bonds. The maximum Gasteiger partial charge on any atom is 0.131 e. The fourth-order valence-corrected chi connectivity index (χ4v) is 1.20. The van der Waals surface area contributed by atoms with Gasteiger partial charge in [-0.1, -0.05) is 17.7 Å². The molecular formula is C9H13ClN2. The summed E-state index contributed by atoms with van der Waals surface area (Å²) in [5.41, 5.74) is 7.81. The zero-order valence-corrected chi connectivity index (χ0v) is 8.10. The third-order valence-electron chi connectivity index (χ3n) is 1.63. The predicted octanol–water partition coefficient (Wildman–Crippen LogP) is 1.93. The summed E-state index contributed by atoms with van der Waals surface area (Å²) in [4.78, 5) is 4.04. The monoisotopic (exact) mass is 184 g/mol. The summed E-state index contributed by atoms with van der Waals surface area (Å²) < 4.78 is 0. The molecule has 0 radical (unpaired) electrons. The van der Waals surface area contributed by atoms with Gasteiger partial charge in [-0.25, -0.2) is 4.98 Å². The summed E-state index contributed by atoms with van der Waals surface area (Å²) in [5, 5.41) is 0.573. The Morgan fingerprint density at radius 2 is 2.33 bits per heavy atom. The molecule has 0 saturated carbocycles. The fraction of sp³-hybridized carbons (Fsp3) is 0.444. The van der Waals surface area contributed by atoms with Gasteiger partial charge in [-0.15, -0.1) is 0 Å². The van der Waals surface area contributed by atoms with Crippen LogP contribution in [0.4, 0.5) is 0 Å². The lowest BCUT2D eigenvalue weighted by Crippen LogP contribution is -2.17. The lowest BCUT2D eigenvalue weighted by Gasteiger charge is -2.05. The maximum atomic E-state index is 5.77. The normalized spacial score (nSPS) is 13.0. The molecule has 3 heteroatoms. The smallest absolute Gasteiger partial charge is 0.131 e. The Bertz CT molecular complexity index is 271. The van der Waals surface area contributed by atoms with Crippen molar-refractivity contribution in [2.45, 2.75) is 26.3 Å². The van der Waals surface area contributed by atoms with Crippen molar-refractivity contribution in [3.63, 3.8) is 0 Å². The molecule has 2 N–H and O–H groups in total. The first-order valence-electron chi connectivity index (χ1n) is 3.96. The predicted molar refractivity (Wildman–Crippen MR) is 51.3 cm³/mol. The van der Waals surface area contributed by atoms with Crippen LogP contribution in [0.25, 0.3) is 0 Å². The number of pyridine rings is 1. The number of nitrogens with zero attached hydrogens (tertiary/aromatic N) is 1. The van der Waals surface area contributed by atoms with Crippen molar-refractivity contribution in [2.24, 2.45) is 5.73 Å². The first kappa shape index (κ1) is 9.49. The van der Waals surface area contributed by atoms with Crippen molar-refractivity contribution in [1.29, 1.82) is 0 Å². The van der Waals surface area contributed by atoms with Crippen LogP contribution in [0.15, 0.2) is 12.3 Å². The lowest BCUT2D eigenvalue weighted by molar-refractivity contribution is 0.735. The average molecular weight is 185 g/mol. The minimum atomic E-state index is 0.173. The molecule has 0 unspecified atom stereocenters. The topological polar surface area (TPSA) is 38.9 Å². The lowest BCUT2D eigenvalue weighted by atomic mass is 10.1. The molecule has 0 aliphatic heterocycles. The molecule has 0 aromatic carbocycles. The Morgan fingerprint density at radius 1 is 1.67 bits per heavy atom. The van der Waals surface area contributed by atoms with Crippen molar-refractivity contribution in [2.75, 3.05) is 0 Å². The van der Waals surface area contributed by atoms with Gasteiger partial charge in [0.05, 0.1) is 0 Å². The summed E-state index contributed by atoms with van der Waals surface area (Å²) in [5.74, 6) is 0. The van der Waals surface area contributed by atoms with E-state index in [1.807, 2.05) is 19.9 Å². The third-order valence-corrected chi connectivity index (χ3v) is 2.02. The molecule has 1 aromatic heterocycles. The first-order valence-corrected chi connectivity index (χ1v) is 4.34. The van der Waals surface area contributed by atoms with Gasteiger partial charge in [0.1, 0.15) is 5.15 Å². The number of hydrogen-bond acceptors (Lipinski definition) is 2. The van der Waals surface area contributed by atoms with Crippen LogP contribution in [0.2, 0.25) is 5.15 Å². The van der Waals surface area contributed by atoms with E-state index in [1.165, 1.54) is 0 Å². The molecule has 2 nitrogen and oxygen atoms in total. The van der Waals surface area contributed by atoms with Gasteiger partial charge in [-0.05, 0) is 31.4 Å². The van der Waals surface area contributed by atoms with Gasteiger partial charge in [0.25, 0.3) is 0 Å². The van der Waals surface area contributed by atoms with Crippen molar-refractivity contribution in [3.8, 4) is 0 Å². The van der Waals surface area contributed by atoms with Crippen LogP contribution in [0, 0.1) is 6.92 Å². The number of rotatable bonds is 2. The molecule has 0 aliphatic rings. The van der Waals surface area contributed by atoms with Crippen LogP contribution < -0.4 is 5.73 Å². The van der Waals surface area contributed by atoms with Gasteiger partial charge in [-0.3, -0.25) is 0 Å². The Kier molecular flexibility index (Phi) is 3.06. The van der Waals surface area contributed by atoms with Crippen LogP contribution in [-0.2, 0) is 6.42 Å². The van der Waals surface area contributed by atoms with E-state index in [0.29, 0.717) is 5.15 Å².